The van der Waals surface area contributed by atoms with Gasteiger partial charge in [-0.05, 0) is 60.4 Å². The van der Waals surface area contributed by atoms with Gasteiger partial charge in [0.15, 0.2) is 5.78 Å². The van der Waals surface area contributed by atoms with E-state index in [4.69, 9.17) is 5.11 Å². The van der Waals surface area contributed by atoms with E-state index in [1.807, 2.05) is 36.2 Å². The Morgan fingerprint density at radius 2 is 1.74 bits per heavy atom. The third-order valence-corrected chi connectivity index (χ3v) is 5.90. The molecule has 1 aliphatic rings. The summed E-state index contributed by atoms with van der Waals surface area (Å²) in [5.41, 5.74) is 3.25. The standard InChI is InChI=1S/C26H32N2O3/c1-28(18-19-29)24-14-6-21(7-15-24)8-16-25(30)22-10-12-23(13-11-22)27-26(31)17-9-20-4-2-3-5-20/h6-8,10-16,20,29H,2-5,9,17-19H2,1H3,(H,27,31)/b16-8+. The van der Waals surface area contributed by atoms with Crippen molar-refractivity contribution in [2.75, 3.05) is 30.4 Å². The number of ketones is 1. The molecule has 0 spiro atoms. The fraction of sp³-hybridized carbons (Fsp3) is 0.385. The molecule has 0 unspecified atom stereocenters. The highest BCUT2D eigenvalue weighted by molar-refractivity contribution is 6.07. The van der Waals surface area contributed by atoms with Gasteiger partial charge in [-0.25, -0.2) is 0 Å². The number of carbonyl (C=O) groups is 2. The molecule has 2 N–H and O–H groups in total. The first kappa shape index (κ1) is 22.8. The summed E-state index contributed by atoms with van der Waals surface area (Å²) in [6, 6.07) is 14.8. The molecule has 0 radical (unpaired) electrons. The first-order valence-corrected chi connectivity index (χ1v) is 11.1. The van der Waals surface area contributed by atoms with Gasteiger partial charge in [0.05, 0.1) is 6.61 Å². The van der Waals surface area contributed by atoms with Crippen LogP contribution < -0.4 is 10.2 Å². The Hall–Kier alpha value is -2.92. The van der Waals surface area contributed by atoms with Crippen LogP contribution >= 0.6 is 0 Å². The van der Waals surface area contributed by atoms with Crippen LogP contribution in [0.1, 0.15) is 54.4 Å². The largest absolute Gasteiger partial charge is 0.395 e. The summed E-state index contributed by atoms with van der Waals surface area (Å²) >= 11 is 0. The first-order chi connectivity index (χ1) is 15.0. The Morgan fingerprint density at radius 1 is 1.06 bits per heavy atom. The van der Waals surface area contributed by atoms with Crippen LogP contribution in [-0.4, -0.2) is 37.0 Å². The number of benzene rings is 2. The zero-order valence-electron chi connectivity index (χ0n) is 18.2. The molecule has 0 bridgehead atoms. The van der Waals surface area contributed by atoms with Gasteiger partial charge < -0.3 is 15.3 Å². The van der Waals surface area contributed by atoms with E-state index in [1.165, 1.54) is 25.7 Å². The molecule has 164 valence electrons. The zero-order valence-corrected chi connectivity index (χ0v) is 18.2. The summed E-state index contributed by atoms with van der Waals surface area (Å²) in [5, 5.41) is 11.9. The van der Waals surface area contributed by atoms with Crippen LogP contribution in [0, 0.1) is 5.92 Å². The van der Waals surface area contributed by atoms with Gasteiger partial charge >= 0.3 is 0 Å². The quantitative estimate of drug-likeness (QED) is 0.423. The van der Waals surface area contributed by atoms with E-state index in [9.17, 15) is 9.59 Å². The van der Waals surface area contributed by atoms with Gasteiger partial charge in [-0.3, -0.25) is 9.59 Å². The highest BCUT2D eigenvalue weighted by Crippen LogP contribution is 2.28. The van der Waals surface area contributed by atoms with Crippen LogP contribution in [0.2, 0.25) is 0 Å². The molecule has 1 saturated carbocycles. The van der Waals surface area contributed by atoms with Crippen LogP contribution in [0.4, 0.5) is 11.4 Å². The molecule has 1 fully saturated rings. The molecule has 0 heterocycles. The molecule has 2 aromatic rings. The van der Waals surface area contributed by atoms with E-state index in [0.29, 0.717) is 24.4 Å². The van der Waals surface area contributed by atoms with Crippen LogP contribution in [0.5, 0.6) is 0 Å². The van der Waals surface area contributed by atoms with Crippen LogP contribution in [0.15, 0.2) is 54.6 Å². The molecule has 5 nitrogen and oxygen atoms in total. The Balaban J connectivity index is 1.49. The molecule has 0 saturated heterocycles. The van der Waals surface area contributed by atoms with Gasteiger partial charge in [0, 0.05) is 37.0 Å². The number of aliphatic hydroxyl groups excluding tert-OH is 1. The average Bonchev–Trinajstić information content (AvgIpc) is 3.31. The van der Waals surface area contributed by atoms with Gasteiger partial charge in [0.2, 0.25) is 5.91 Å². The second-order valence-electron chi connectivity index (χ2n) is 8.25. The van der Waals surface area contributed by atoms with E-state index in [2.05, 4.69) is 5.32 Å². The van der Waals surface area contributed by atoms with Crippen molar-refractivity contribution in [3.05, 3.63) is 65.7 Å². The van der Waals surface area contributed by atoms with E-state index in [1.54, 1.807) is 36.4 Å². The van der Waals surface area contributed by atoms with Gasteiger partial charge in [0.25, 0.3) is 0 Å². The number of amides is 1. The van der Waals surface area contributed by atoms with Gasteiger partial charge in [0.1, 0.15) is 0 Å². The van der Waals surface area contributed by atoms with Gasteiger partial charge in [-0.1, -0.05) is 43.9 Å². The zero-order chi connectivity index (χ0) is 22.1. The summed E-state index contributed by atoms with van der Waals surface area (Å²) in [6.07, 6.45) is 9.96. The van der Waals surface area contributed by atoms with Crippen molar-refractivity contribution in [1.29, 1.82) is 0 Å². The molecule has 0 aliphatic heterocycles. The molecular formula is C26H32N2O3. The molecule has 5 heteroatoms. The minimum atomic E-state index is -0.0828. The van der Waals surface area contributed by atoms with E-state index in [0.717, 1.165) is 23.4 Å². The lowest BCUT2D eigenvalue weighted by Crippen LogP contribution is -2.20. The van der Waals surface area contributed by atoms with E-state index in [-0.39, 0.29) is 18.3 Å². The number of rotatable bonds is 10. The Morgan fingerprint density at radius 3 is 2.39 bits per heavy atom. The summed E-state index contributed by atoms with van der Waals surface area (Å²) in [5.74, 6) is 0.662. The Bertz CT molecular complexity index is 882. The van der Waals surface area contributed by atoms with Crippen LogP contribution in [0.25, 0.3) is 6.08 Å². The van der Waals surface area contributed by atoms with Crippen molar-refractivity contribution < 1.29 is 14.7 Å². The maximum atomic E-state index is 12.5. The maximum absolute atomic E-state index is 12.5. The van der Waals surface area contributed by atoms with Crippen molar-refractivity contribution in [1.82, 2.24) is 0 Å². The molecule has 0 aromatic heterocycles. The minimum Gasteiger partial charge on any atom is -0.395 e. The third kappa shape index (κ3) is 7.07. The number of nitrogens with zero attached hydrogens (tertiary/aromatic N) is 1. The lowest BCUT2D eigenvalue weighted by Gasteiger charge is -2.17. The molecule has 2 aromatic carbocycles. The average molecular weight is 421 g/mol. The Kier molecular flexibility index (Phi) is 8.42. The number of likely N-dealkylation sites (N-methyl/N-ethyl adjacent to an activating group) is 1. The molecule has 1 amide bonds. The van der Waals surface area contributed by atoms with Crippen LogP contribution in [-0.2, 0) is 4.79 Å². The number of anilines is 2. The SMILES string of the molecule is CN(CCO)c1ccc(/C=C/C(=O)c2ccc(NC(=O)CCC3CCCC3)cc2)cc1. The monoisotopic (exact) mass is 420 g/mol. The van der Waals surface area contributed by atoms with Crippen molar-refractivity contribution >= 4 is 29.1 Å². The molecule has 31 heavy (non-hydrogen) atoms. The molecule has 3 rings (SSSR count). The topological polar surface area (TPSA) is 69.6 Å². The van der Waals surface area contributed by atoms with E-state index < -0.39 is 0 Å². The predicted octanol–water partition coefficient (Wildman–Crippen LogP) is 4.92. The van der Waals surface area contributed by atoms with Crippen molar-refractivity contribution in [2.24, 2.45) is 5.92 Å². The fourth-order valence-electron chi connectivity index (χ4n) is 3.96. The highest BCUT2D eigenvalue weighted by atomic mass is 16.3. The summed E-state index contributed by atoms with van der Waals surface area (Å²) < 4.78 is 0. The van der Waals surface area contributed by atoms with Gasteiger partial charge in [-0.15, -0.1) is 0 Å². The number of aliphatic hydroxyl groups is 1. The predicted molar refractivity (Wildman–Crippen MR) is 126 cm³/mol. The summed E-state index contributed by atoms with van der Waals surface area (Å²) in [6.45, 7) is 0.681. The minimum absolute atomic E-state index is 0.0407. The Labute approximate surface area is 184 Å². The molecular weight excluding hydrogens is 388 g/mol. The summed E-state index contributed by atoms with van der Waals surface area (Å²) in [4.78, 5) is 26.6. The number of hydrogen-bond donors (Lipinski definition) is 2. The van der Waals surface area contributed by atoms with Crippen molar-refractivity contribution in [3.8, 4) is 0 Å². The first-order valence-electron chi connectivity index (χ1n) is 11.1. The van der Waals surface area contributed by atoms with E-state index >= 15 is 0 Å². The molecule has 1 aliphatic carbocycles. The number of hydrogen-bond acceptors (Lipinski definition) is 4. The van der Waals surface area contributed by atoms with Crippen LogP contribution in [0.3, 0.4) is 0 Å². The second-order valence-corrected chi connectivity index (χ2v) is 8.25. The normalized spacial score (nSPS) is 14.1. The fourth-order valence-corrected chi connectivity index (χ4v) is 3.96. The van der Waals surface area contributed by atoms with Gasteiger partial charge in [-0.2, -0.15) is 0 Å². The number of nitrogens with one attached hydrogen (secondary N) is 1. The maximum Gasteiger partial charge on any atom is 0.224 e. The number of carbonyl (C=O) groups excluding carboxylic acids is 2. The smallest absolute Gasteiger partial charge is 0.224 e. The van der Waals surface area contributed by atoms with Crippen molar-refractivity contribution in [3.63, 3.8) is 0 Å². The molecule has 0 atom stereocenters. The second kappa shape index (κ2) is 11.5. The highest BCUT2D eigenvalue weighted by Gasteiger charge is 2.16. The summed E-state index contributed by atoms with van der Waals surface area (Å²) in [7, 11) is 1.92. The lowest BCUT2D eigenvalue weighted by atomic mass is 10.0. The lowest BCUT2D eigenvalue weighted by molar-refractivity contribution is -0.116. The van der Waals surface area contributed by atoms with Crippen molar-refractivity contribution in [2.45, 2.75) is 38.5 Å². The third-order valence-electron chi connectivity index (χ3n) is 5.90. The number of allylic oxidation sites excluding steroid dienone is 1.